The van der Waals surface area contributed by atoms with Crippen molar-refractivity contribution in [2.24, 2.45) is 0 Å². The van der Waals surface area contributed by atoms with Gasteiger partial charge in [-0.15, -0.1) is 10.2 Å². The van der Waals surface area contributed by atoms with E-state index in [4.69, 9.17) is 0 Å². The number of rotatable bonds is 7. The summed E-state index contributed by atoms with van der Waals surface area (Å²) in [6.45, 7) is 2.05. The maximum Gasteiger partial charge on any atom is 0.334 e. The number of carboxylic acid groups (broad SMARTS) is 1. The van der Waals surface area contributed by atoms with Crippen LogP contribution < -0.4 is 0 Å². The third-order valence-electron chi connectivity index (χ3n) is 5.07. The minimum atomic E-state index is -1.34. The van der Waals surface area contributed by atoms with Crippen molar-refractivity contribution in [3.8, 4) is 11.4 Å². The third-order valence-corrected chi connectivity index (χ3v) is 5.07. The Labute approximate surface area is 161 Å². The first-order valence-electron chi connectivity index (χ1n) is 9.17. The van der Waals surface area contributed by atoms with Crippen LogP contribution >= 0.6 is 0 Å². The Balaban J connectivity index is 2.04. The zero-order chi connectivity index (χ0) is 19.6. The lowest BCUT2D eigenvalue weighted by atomic mass is 9.81. The number of carbonyl (C=O) groups is 1. The van der Waals surface area contributed by atoms with Crippen LogP contribution in [0.2, 0.25) is 0 Å². The van der Waals surface area contributed by atoms with Crippen LogP contribution in [0, 0.1) is 0 Å². The molecule has 2 N–H and O–H groups in total. The zero-order valence-corrected chi connectivity index (χ0v) is 15.4. The molecule has 0 saturated carbocycles. The van der Waals surface area contributed by atoms with Gasteiger partial charge in [-0.1, -0.05) is 56.2 Å². The molecule has 0 spiro atoms. The van der Waals surface area contributed by atoms with E-state index < -0.39 is 11.5 Å². The second-order valence-electron chi connectivity index (χ2n) is 6.65. The molecule has 0 fully saturated rings. The number of nitrogens with zero attached hydrogens (tertiary/aromatic N) is 5. The van der Waals surface area contributed by atoms with Crippen LogP contribution in [0.1, 0.15) is 31.7 Å². The topological polar surface area (TPSA) is 110 Å². The number of carboxylic acids is 1. The molecular weight excluding hydrogens is 356 g/mol. The first-order valence-corrected chi connectivity index (χ1v) is 9.17. The van der Waals surface area contributed by atoms with Gasteiger partial charge >= 0.3 is 5.97 Å². The van der Waals surface area contributed by atoms with Crippen molar-refractivity contribution in [1.29, 1.82) is 0 Å². The van der Waals surface area contributed by atoms with Crippen LogP contribution in [0.15, 0.2) is 54.9 Å². The van der Waals surface area contributed by atoms with E-state index in [1.54, 1.807) is 10.9 Å². The average Bonchev–Trinajstić information content (AvgIpc) is 3.39. The number of tetrazole rings is 1. The number of hydrogen-bond donors (Lipinski definition) is 2. The van der Waals surface area contributed by atoms with Gasteiger partial charge in [0.05, 0.1) is 17.4 Å². The van der Waals surface area contributed by atoms with Gasteiger partial charge in [-0.05, 0) is 23.8 Å². The highest BCUT2D eigenvalue weighted by molar-refractivity contribution is 5.88. The van der Waals surface area contributed by atoms with Crippen LogP contribution in [-0.2, 0) is 10.3 Å². The van der Waals surface area contributed by atoms with Crippen molar-refractivity contribution in [1.82, 2.24) is 30.2 Å². The number of benzene rings is 2. The molecule has 2 aromatic carbocycles. The normalized spacial score (nSPS) is 13.5. The molecule has 8 heteroatoms. The van der Waals surface area contributed by atoms with Gasteiger partial charge in [0.15, 0.2) is 5.54 Å². The smallest absolute Gasteiger partial charge is 0.334 e. The summed E-state index contributed by atoms with van der Waals surface area (Å²) in [4.78, 5) is 17.3. The summed E-state index contributed by atoms with van der Waals surface area (Å²) in [5.74, 6) is -0.581. The van der Waals surface area contributed by atoms with E-state index in [-0.39, 0.29) is 0 Å². The Morgan fingerprint density at radius 2 is 1.96 bits per heavy atom. The second-order valence-corrected chi connectivity index (χ2v) is 6.65. The van der Waals surface area contributed by atoms with Crippen molar-refractivity contribution < 1.29 is 9.90 Å². The van der Waals surface area contributed by atoms with Gasteiger partial charge < -0.3 is 9.67 Å². The Hall–Kier alpha value is -3.55. The fraction of sp³-hybridized carbons (Fsp3) is 0.250. The van der Waals surface area contributed by atoms with E-state index in [1.807, 2.05) is 55.5 Å². The minimum absolute atomic E-state index is 0.363. The van der Waals surface area contributed by atoms with Gasteiger partial charge in [0.1, 0.15) is 0 Å². The summed E-state index contributed by atoms with van der Waals surface area (Å²) < 4.78 is 1.76. The number of aromatic amines is 1. The van der Waals surface area contributed by atoms with Gasteiger partial charge in [-0.25, -0.2) is 9.78 Å². The molecule has 8 nitrogen and oxygen atoms in total. The molecule has 1 atom stereocenters. The van der Waals surface area contributed by atoms with Crippen molar-refractivity contribution in [2.45, 2.75) is 31.7 Å². The predicted octanol–water partition coefficient (Wildman–Crippen LogP) is 3.23. The average molecular weight is 376 g/mol. The lowest BCUT2D eigenvalue weighted by Crippen LogP contribution is -2.43. The molecule has 0 saturated heterocycles. The number of nitrogens with one attached hydrogen (secondary N) is 1. The summed E-state index contributed by atoms with van der Waals surface area (Å²) in [6.07, 6.45) is 3.63. The van der Waals surface area contributed by atoms with E-state index in [0.29, 0.717) is 23.4 Å². The van der Waals surface area contributed by atoms with E-state index in [2.05, 4.69) is 25.6 Å². The lowest BCUT2D eigenvalue weighted by molar-refractivity contribution is -0.145. The number of unbranched alkanes of at least 4 members (excludes halogenated alkanes) is 1. The number of para-hydroxylation sites is 2. The monoisotopic (exact) mass is 376 g/mol. The number of aliphatic carboxylic acids is 1. The third kappa shape index (κ3) is 2.74. The fourth-order valence-corrected chi connectivity index (χ4v) is 3.72. The molecule has 4 rings (SSSR count). The van der Waals surface area contributed by atoms with E-state index in [0.717, 1.165) is 23.9 Å². The first-order chi connectivity index (χ1) is 13.7. The van der Waals surface area contributed by atoms with Gasteiger partial charge in [-0.3, -0.25) is 0 Å². The molecule has 28 heavy (non-hydrogen) atoms. The van der Waals surface area contributed by atoms with E-state index >= 15 is 0 Å². The van der Waals surface area contributed by atoms with E-state index in [9.17, 15) is 9.90 Å². The van der Waals surface area contributed by atoms with Crippen LogP contribution in [-0.4, -0.2) is 41.3 Å². The SMILES string of the molecule is CCCCC(C(=O)O)(c1ccccc1-c1nn[nH]n1)n1cnc2ccccc21. The van der Waals surface area contributed by atoms with Crippen LogP contribution in [0.5, 0.6) is 0 Å². The number of hydrogen-bond acceptors (Lipinski definition) is 5. The summed E-state index contributed by atoms with van der Waals surface area (Å²) in [7, 11) is 0. The van der Waals surface area contributed by atoms with Gasteiger partial charge in [-0.2, -0.15) is 5.21 Å². The molecule has 0 amide bonds. The summed E-state index contributed by atoms with van der Waals surface area (Å²) in [5.41, 5.74) is 1.42. The molecule has 4 aromatic rings. The van der Waals surface area contributed by atoms with Crippen molar-refractivity contribution in [3.05, 3.63) is 60.4 Å². The van der Waals surface area contributed by atoms with Crippen LogP contribution in [0.25, 0.3) is 22.4 Å². The molecule has 0 aliphatic heterocycles. The van der Waals surface area contributed by atoms with Crippen molar-refractivity contribution in [3.63, 3.8) is 0 Å². The molecule has 2 aromatic heterocycles. The highest BCUT2D eigenvalue weighted by Crippen LogP contribution is 2.39. The fourth-order valence-electron chi connectivity index (χ4n) is 3.72. The standard InChI is InChI=1S/C20H20N6O2/c1-2-3-12-20(19(27)28,26-13-21-16-10-6-7-11-17(16)26)15-9-5-4-8-14(15)18-22-24-25-23-18/h4-11,13H,2-3,12H2,1H3,(H,27,28)(H,22,23,24,25). The molecular formula is C20H20N6O2. The predicted molar refractivity (Wildman–Crippen MR) is 104 cm³/mol. The van der Waals surface area contributed by atoms with Crippen molar-refractivity contribution in [2.75, 3.05) is 0 Å². The number of fused-ring (bicyclic) bond motifs is 1. The molecule has 0 bridgehead atoms. The highest BCUT2D eigenvalue weighted by atomic mass is 16.4. The Kier molecular flexibility index (Phi) is 4.60. The number of aromatic nitrogens is 6. The molecule has 0 aliphatic carbocycles. The van der Waals surface area contributed by atoms with Gasteiger partial charge in [0.2, 0.25) is 5.82 Å². The van der Waals surface area contributed by atoms with Gasteiger partial charge in [0.25, 0.3) is 0 Å². The molecule has 0 radical (unpaired) electrons. The Morgan fingerprint density at radius 3 is 2.71 bits per heavy atom. The Morgan fingerprint density at radius 1 is 1.18 bits per heavy atom. The van der Waals surface area contributed by atoms with Gasteiger partial charge in [0, 0.05) is 11.1 Å². The highest BCUT2D eigenvalue weighted by Gasteiger charge is 2.44. The number of H-pyrrole nitrogens is 1. The Bertz CT molecular complexity index is 1100. The second kappa shape index (κ2) is 7.22. The largest absolute Gasteiger partial charge is 0.479 e. The summed E-state index contributed by atoms with van der Waals surface area (Å²) >= 11 is 0. The minimum Gasteiger partial charge on any atom is -0.479 e. The maximum absolute atomic E-state index is 12.9. The molecule has 142 valence electrons. The molecule has 0 aliphatic rings. The molecule has 2 heterocycles. The maximum atomic E-state index is 12.9. The first kappa shape index (κ1) is 17.8. The number of imidazole rings is 1. The van der Waals surface area contributed by atoms with Crippen LogP contribution in [0.3, 0.4) is 0 Å². The molecule has 1 unspecified atom stereocenters. The zero-order valence-electron chi connectivity index (χ0n) is 15.4. The lowest BCUT2D eigenvalue weighted by Gasteiger charge is -2.33. The van der Waals surface area contributed by atoms with Crippen LogP contribution in [0.4, 0.5) is 0 Å². The summed E-state index contributed by atoms with van der Waals surface area (Å²) in [6, 6.07) is 14.9. The van der Waals surface area contributed by atoms with E-state index in [1.165, 1.54) is 0 Å². The van der Waals surface area contributed by atoms with Crippen molar-refractivity contribution >= 4 is 17.0 Å². The quantitative estimate of drug-likeness (QED) is 0.512. The summed E-state index contributed by atoms with van der Waals surface area (Å²) in [5, 5.41) is 24.8.